The number of ether oxygens (including phenoxy) is 1. The fourth-order valence-electron chi connectivity index (χ4n) is 2.53. The number of Topliss-reactive ketones (excluding diaryl/α,β-unsaturated/α-hetero) is 1. The number of methoxy groups -OCH3 is 1. The number of carbonyl (C=O) groups excluding carboxylic acids is 1. The third kappa shape index (κ3) is 3.60. The lowest BCUT2D eigenvalue weighted by Gasteiger charge is -2.11. The minimum atomic E-state index is -0.884. The predicted molar refractivity (Wildman–Crippen MR) is 86.8 cm³/mol. The molecule has 0 atom stereocenters. The zero-order chi connectivity index (χ0) is 17.0. The van der Waals surface area contributed by atoms with Crippen LogP contribution in [0.1, 0.15) is 22.5 Å². The highest BCUT2D eigenvalue weighted by atomic mass is 16.5. The van der Waals surface area contributed by atoms with Crippen LogP contribution in [0.25, 0.3) is 11.3 Å². The molecular weight excluding hydrogens is 296 g/mol. The first-order chi connectivity index (χ1) is 11.0. The summed E-state index contributed by atoms with van der Waals surface area (Å²) in [6.45, 7) is 2.02. The quantitative estimate of drug-likeness (QED) is 0.763. The van der Waals surface area contributed by atoms with Crippen LogP contribution in [0.5, 0.6) is 5.75 Å². The smallest absolute Gasteiger partial charge is 0.305 e. The number of hydrogen-bond acceptors (Lipinski definition) is 4. The topological polar surface area (TPSA) is 94.5 Å². The normalized spacial score (nSPS) is 10.6. The van der Waals surface area contributed by atoms with E-state index >= 15 is 0 Å². The van der Waals surface area contributed by atoms with Crippen LogP contribution in [-0.4, -0.2) is 35.1 Å². The standard InChI is InChI=1S/C17H20N2O4/c1-11-14(16(20)10-18)9-15(19(11)8-7-17(21)22)12-3-5-13(23-2)6-4-12/h3-6,9H,7-8,10,18H2,1-2H3,(H,21,22). The van der Waals surface area contributed by atoms with E-state index in [0.29, 0.717) is 12.1 Å². The van der Waals surface area contributed by atoms with E-state index in [-0.39, 0.29) is 18.7 Å². The van der Waals surface area contributed by atoms with E-state index in [1.807, 2.05) is 28.8 Å². The molecule has 0 bridgehead atoms. The van der Waals surface area contributed by atoms with Crippen molar-refractivity contribution in [3.63, 3.8) is 0 Å². The monoisotopic (exact) mass is 316 g/mol. The Morgan fingerprint density at radius 1 is 1.26 bits per heavy atom. The third-order valence-electron chi connectivity index (χ3n) is 3.79. The first kappa shape index (κ1) is 16.8. The maximum Gasteiger partial charge on any atom is 0.305 e. The molecule has 1 aromatic carbocycles. The molecule has 0 saturated carbocycles. The van der Waals surface area contributed by atoms with Crippen molar-refractivity contribution in [2.24, 2.45) is 5.73 Å². The maximum atomic E-state index is 12.0. The molecule has 1 aromatic heterocycles. The Morgan fingerprint density at radius 3 is 2.43 bits per heavy atom. The Bertz CT molecular complexity index is 717. The zero-order valence-corrected chi connectivity index (χ0v) is 13.2. The van der Waals surface area contributed by atoms with Gasteiger partial charge in [-0.2, -0.15) is 0 Å². The van der Waals surface area contributed by atoms with Gasteiger partial charge in [0, 0.05) is 23.5 Å². The van der Waals surface area contributed by atoms with Gasteiger partial charge < -0.3 is 20.1 Å². The first-order valence-electron chi connectivity index (χ1n) is 7.27. The Morgan fingerprint density at radius 2 is 1.91 bits per heavy atom. The molecule has 3 N–H and O–H groups in total. The van der Waals surface area contributed by atoms with Crippen LogP contribution in [-0.2, 0) is 11.3 Å². The summed E-state index contributed by atoms with van der Waals surface area (Å²) in [4.78, 5) is 22.9. The van der Waals surface area contributed by atoms with Crippen LogP contribution >= 0.6 is 0 Å². The van der Waals surface area contributed by atoms with Crippen molar-refractivity contribution >= 4 is 11.8 Å². The molecule has 23 heavy (non-hydrogen) atoms. The molecule has 0 spiro atoms. The molecule has 6 heteroatoms. The fourth-order valence-corrected chi connectivity index (χ4v) is 2.53. The van der Waals surface area contributed by atoms with Gasteiger partial charge in [-0.3, -0.25) is 9.59 Å². The summed E-state index contributed by atoms with van der Waals surface area (Å²) in [5, 5.41) is 8.94. The van der Waals surface area contributed by atoms with Crippen LogP contribution in [0.2, 0.25) is 0 Å². The molecule has 0 radical (unpaired) electrons. The Hall–Kier alpha value is -2.60. The molecule has 2 rings (SSSR count). The van der Waals surface area contributed by atoms with Crippen LogP contribution in [0.15, 0.2) is 30.3 Å². The average Bonchev–Trinajstić information content (AvgIpc) is 2.89. The summed E-state index contributed by atoms with van der Waals surface area (Å²) in [5.74, 6) is -0.316. The largest absolute Gasteiger partial charge is 0.497 e. The van der Waals surface area contributed by atoms with Crippen LogP contribution < -0.4 is 10.5 Å². The Kier molecular flexibility index (Phi) is 5.18. The van der Waals surface area contributed by atoms with E-state index in [9.17, 15) is 9.59 Å². The molecule has 0 fully saturated rings. The van der Waals surface area contributed by atoms with Gasteiger partial charge in [0.15, 0.2) is 5.78 Å². The van der Waals surface area contributed by atoms with Gasteiger partial charge in [-0.25, -0.2) is 0 Å². The number of ketones is 1. The lowest BCUT2D eigenvalue weighted by atomic mass is 10.1. The SMILES string of the molecule is COc1ccc(-c2cc(C(=O)CN)c(C)n2CCC(=O)O)cc1. The van der Waals surface area contributed by atoms with Crippen molar-refractivity contribution in [2.45, 2.75) is 19.9 Å². The highest BCUT2D eigenvalue weighted by Crippen LogP contribution is 2.28. The van der Waals surface area contributed by atoms with Crippen molar-refractivity contribution in [3.05, 3.63) is 41.6 Å². The molecule has 0 aliphatic carbocycles. The van der Waals surface area contributed by atoms with E-state index in [4.69, 9.17) is 15.6 Å². The predicted octanol–water partition coefficient (Wildman–Crippen LogP) is 2.09. The Labute approximate surface area is 134 Å². The molecule has 122 valence electrons. The number of nitrogens with zero attached hydrogens (tertiary/aromatic N) is 1. The number of carbonyl (C=O) groups is 2. The molecule has 0 saturated heterocycles. The second-order valence-electron chi connectivity index (χ2n) is 5.18. The van der Waals surface area contributed by atoms with Crippen LogP contribution in [0, 0.1) is 6.92 Å². The van der Waals surface area contributed by atoms with Crippen molar-refractivity contribution in [3.8, 4) is 17.0 Å². The number of benzene rings is 1. The van der Waals surface area contributed by atoms with E-state index in [1.165, 1.54) is 0 Å². The lowest BCUT2D eigenvalue weighted by molar-refractivity contribution is -0.137. The van der Waals surface area contributed by atoms with E-state index in [1.54, 1.807) is 20.1 Å². The molecule has 6 nitrogen and oxygen atoms in total. The van der Waals surface area contributed by atoms with Gasteiger partial charge in [0.25, 0.3) is 0 Å². The average molecular weight is 316 g/mol. The minimum absolute atomic E-state index is 0.0189. The van der Waals surface area contributed by atoms with Gasteiger partial charge in [-0.1, -0.05) is 0 Å². The highest BCUT2D eigenvalue weighted by molar-refractivity contribution is 6.00. The summed E-state index contributed by atoms with van der Waals surface area (Å²) >= 11 is 0. The second-order valence-corrected chi connectivity index (χ2v) is 5.18. The van der Waals surface area contributed by atoms with Gasteiger partial charge in [0.05, 0.1) is 20.1 Å². The number of aromatic nitrogens is 1. The maximum absolute atomic E-state index is 12.0. The van der Waals surface area contributed by atoms with Gasteiger partial charge >= 0.3 is 5.97 Å². The number of rotatable bonds is 7. The van der Waals surface area contributed by atoms with E-state index < -0.39 is 5.97 Å². The molecule has 1 heterocycles. The third-order valence-corrected chi connectivity index (χ3v) is 3.79. The van der Waals surface area contributed by atoms with Crippen LogP contribution in [0.3, 0.4) is 0 Å². The zero-order valence-electron chi connectivity index (χ0n) is 13.2. The summed E-state index contributed by atoms with van der Waals surface area (Å²) in [6.07, 6.45) is -0.0189. The molecule has 0 amide bonds. The summed E-state index contributed by atoms with van der Waals surface area (Å²) in [6, 6.07) is 9.17. The second kappa shape index (κ2) is 7.11. The number of nitrogens with two attached hydrogens (primary N) is 1. The van der Waals surface area contributed by atoms with Crippen LogP contribution in [0.4, 0.5) is 0 Å². The fraction of sp³-hybridized carbons (Fsp3) is 0.294. The lowest BCUT2D eigenvalue weighted by Crippen LogP contribution is -2.15. The van der Waals surface area contributed by atoms with Crippen molar-refractivity contribution < 1.29 is 19.4 Å². The minimum Gasteiger partial charge on any atom is -0.497 e. The van der Waals surface area contributed by atoms with Gasteiger partial charge in [-0.05, 0) is 42.8 Å². The molecule has 0 aliphatic heterocycles. The summed E-state index contributed by atoms with van der Waals surface area (Å²) in [5.41, 5.74) is 8.40. The van der Waals surface area contributed by atoms with Crippen molar-refractivity contribution in [1.29, 1.82) is 0 Å². The van der Waals surface area contributed by atoms with Gasteiger partial charge in [0.1, 0.15) is 5.75 Å². The molecule has 0 unspecified atom stereocenters. The number of carboxylic acids is 1. The Balaban J connectivity index is 2.50. The van der Waals surface area contributed by atoms with E-state index in [2.05, 4.69) is 0 Å². The highest BCUT2D eigenvalue weighted by Gasteiger charge is 2.18. The molecule has 2 aromatic rings. The summed E-state index contributed by atoms with van der Waals surface area (Å²) in [7, 11) is 1.59. The first-order valence-corrected chi connectivity index (χ1v) is 7.27. The summed E-state index contributed by atoms with van der Waals surface area (Å²) < 4.78 is 6.99. The number of hydrogen-bond donors (Lipinski definition) is 2. The molecule has 0 aliphatic rings. The molecular formula is C17H20N2O4. The van der Waals surface area contributed by atoms with Crippen molar-refractivity contribution in [1.82, 2.24) is 4.57 Å². The number of aliphatic carboxylic acids is 1. The van der Waals surface area contributed by atoms with Gasteiger partial charge in [-0.15, -0.1) is 0 Å². The van der Waals surface area contributed by atoms with Crippen molar-refractivity contribution in [2.75, 3.05) is 13.7 Å². The van der Waals surface area contributed by atoms with E-state index in [0.717, 1.165) is 22.7 Å². The number of carboxylic acid groups (broad SMARTS) is 1. The van der Waals surface area contributed by atoms with Gasteiger partial charge in [0.2, 0.25) is 0 Å².